The highest BCUT2D eigenvalue weighted by molar-refractivity contribution is 6.99. The van der Waals surface area contributed by atoms with Crippen LogP contribution in [0.25, 0.3) is 0 Å². The largest absolute Gasteiger partial charge is 0.407 e. The average molecular weight is 407 g/mol. The van der Waals surface area contributed by atoms with Gasteiger partial charge >= 0.3 is 0 Å². The number of hydrogen-bond donors (Lipinski definition) is 0. The molecule has 3 heteroatoms. The molecule has 1 aliphatic carbocycles. The average Bonchev–Trinajstić information content (AvgIpc) is 3.05. The van der Waals surface area contributed by atoms with Gasteiger partial charge in [0.25, 0.3) is 8.32 Å². The fourth-order valence-electron chi connectivity index (χ4n) is 5.07. The van der Waals surface area contributed by atoms with E-state index < -0.39 is 8.32 Å². The highest BCUT2D eigenvalue weighted by Crippen LogP contribution is 2.47. The molecule has 0 N–H and O–H groups in total. The SMILES string of the molecule is C=C[C@]1(C)CC[C@@H](CO[Si](c2ccccc2)(c2ccccc2)C(C)(C)C)[C@@H]1C=O. The van der Waals surface area contributed by atoms with E-state index in [9.17, 15) is 4.79 Å². The number of rotatable bonds is 7. The third kappa shape index (κ3) is 3.91. The van der Waals surface area contributed by atoms with E-state index in [2.05, 4.69) is 94.9 Å². The summed E-state index contributed by atoms with van der Waals surface area (Å²) in [6, 6.07) is 21.4. The van der Waals surface area contributed by atoms with Gasteiger partial charge in [0.05, 0.1) is 0 Å². The van der Waals surface area contributed by atoms with Gasteiger partial charge in [-0.1, -0.05) is 94.4 Å². The molecule has 0 saturated heterocycles. The fraction of sp³-hybridized carbons (Fsp3) is 0.423. The minimum absolute atomic E-state index is 0.0294. The Kier molecular flexibility index (Phi) is 6.30. The molecule has 0 aromatic heterocycles. The lowest BCUT2D eigenvalue weighted by Gasteiger charge is -2.44. The van der Waals surface area contributed by atoms with E-state index in [4.69, 9.17) is 4.43 Å². The molecule has 29 heavy (non-hydrogen) atoms. The lowest BCUT2D eigenvalue weighted by Crippen LogP contribution is -2.67. The van der Waals surface area contributed by atoms with Crippen molar-refractivity contribution in [2.75, 3.05) is 6.61 Å². The second-order valence-electron chi connectivity index (χ2n) is 9.64. The van der Waals surface area contributed by atoms with Crippen LogP contribution in [0, 0.1) is 17.3 Å². The molecule has 0 bridgehead atoms. The van der Waals surface area contributed by atoms with Gasteiger partial charge in [0.1, 0.15) is 6.29 Å². The minimum atomic E-state index is -2.56. The summed E-state index contributed by atoms with van der Waals surface area (Å²) in [6.07, 6.45) is 5.10. The van der Waals surface area contributed by atoms with E-state index in [1.807, 2.05) is 6.08 Å². The molecule has 0 radical (unpaired) electrons. The summed E-state index contributed by atoms with van der Waals surface area (Å²) in [4.78, 5) is 12.0. The summed E-state index contributed by atoms with van der Waals surface area (Å²) >= 11 is 0. The van der Waals surface area contributed by atoms with Crippen molar-refractivity contribution in [1.29, 1.82) is 0 Å². The van der Waals surface area contributed by atoms with Gasteiger partial charge in [-0.15, -0.1) is 6.58 Å². The van der Waals surface area contributed by atoms with Crippen LogP contribution in [0.2, 0.25) is 5.04 Å². The molecule has 2 aromatic carbocycles. The number of benzene rings is 2. The Balaban J connectivity index is 2.03. The normalized spacial score (nSPS) is 25.0. The van der Waals surface area contributed by atoms with Crippen LogP contribution in [0.3, 0.4) is 0 Å². The van der Waals surface area contributed by atoms with Crippen LogP contribution in [-0.2, 0) is 9.22 Å². The van der Waals surface area contributed by atoms with Gasteiger partial charge in [-0.3, -0.25) is 0 Å². The van der Waals surface area contributed by atoms with Crippen molar-refractivity contribution >= 4 is 25.0 Å². The second-order valence-corrected chi connectivity index (χ2v) is 14.0. The van der Waals surface area contributed by atoms with E-state index in [1.165, 1.54) is 10.4 Å². The lowest BCUT2D eigenvalue weighted by atomic mass is 9.78. The summed E-state index contributed by atoms with van der Waals surface area (Å²) in [5.41, 5.74) is -0.124. The molecular weight excluding hydrogens is 372 g/mol. The van der Waals surface area contributed by atoms with Gasteiger partial charge in [0, 0.05) is 12.5 Å². The molecule has 3 rings (SSSR count). The molecule has 0 spiro atoms. The van der Waals surface area contributed by atoms with Crippen LogP contribution in [0.1, 0.15) is 40.5 Å². The topological polar surface area (TPSA) is 26.3 Å². The maximum Gasteiger partial charge on any atom is 0.261 e. The summed E-state index contributed by atoms with van der Waals surface area (Å²) in [6.45, 7) is 13.6. The van der Waals surface area contributed by atoms with Crippen molar-refractivity contribution in [2.24, 2.45) is 17.3 Å². The zero-order valence-electron chi connectivity index (χ0n) is 18.2. The van der Waals surface area contributed by atoms with E-state index in [0.29, 0.717) is 6.61 Å². The Morgan fingerprint density at radius 2 is 1.59 bits per heavy atom. The third-order valence-electron chi connectivity index (χ3n) is 6.87. The second kappa shape index (κ2) is 8.41. The summed E-state index contributed by atoms with van der Waals surface area (Å²) < 4.78 is 7.07. The molecule has 1 saturated carbocycles. The van der Waals surface area contributed by atoms with E-state index in [-0.39, 0.29) is 22.3 Å². The predicted molar refractivity (Wildman–Crippen MR) is 124 cm³/mol. The lowest BCUT2D eigenvalue weighted by molar-refractivity contribution is -0.114. The summed E-state index contributed by atoms with van der Waals surface area (Å²) in [5.74, 6) is 0.204. The Morgan fingerprint density at radius 3 is 2.00 bits per heavy atom. The molecule has 0 aliphatic heterocycles. The molecule has 3 atom stereocenters. The Bertz CT molecular complexity index is 785. The van der Waals surface area contributed by atoms with Crippen molar-refractivity contribution in [3.05, 3.63) is 73.3 Å². The number of aldehydes is 1. The monoisotopic (exact) mass is 406 g/mol. The van der Waals surface area contributed by atoms with Crippen molar-refractivity contribution in [2.45, 2.75) is 45.6 Å². The summed E-state index contributed by atoms with van der Waals surface area (Å²) in [5, 5.41) is 2.52. The van der Waals surface area contributed by atoms with E-state index >= 15 is 0 Å². The quantitative estimate of drug-likeness (QED) is 0.368. The Morgan fingerprint density at radius 1 is 1.07 bits per heavy atom. The Labute approximate surface area is 177 Å². The fourth-order valence-corrected chi connectivity index (χ4v) is 9.69. The molecule has 0 unspecified atom stereocenters. The van der Waals surface area contributed by atoms with Crippen LogP contribution < -0.4 is 10.4 Å². The van der Waals surface area contributed by atoms with Crippen molar-refractivity contribution < 1.29 is 9.22 Å². The van der Waals surface area contributed by atoms with Gasteiger partial charge in [-0.25, -0.2) is 0 Å². The van der Waals surface area contributed by atoms with Crippen molar-refractivity contribution in [3.63, 3.8) is 0 Å². The number of hydrogen-bond acceptors (Lipinski definition) is 2. The van der Waals surface area contributed by atoms with Gasteiger partial charge in [0.2, 0.25) is 0 Å². The molecular formula is C26H34O2Si. The van der Waals surface area contributed by atoms with Crippen molar-refractivity contribution in [3.8, 4) is 0 Å². The third-order valence-corrected chi connectivity index (χ3v) is 11.9. The first-order valence-electron chi connectivity index (χ1n) is 10.6. The van der Waals surface area contributed by atoms with Gasteiger partial charge in [-0.05, 0) is 39.6 Å². The molecule has 154 valence electrons. The number of allylic oxidation sites excluding steroid dienone is 1. The van der Waals surface area contributed by atoms with Gasteiger partial charge < -0.3 is 9.22 Å². The molecule has 0 heterocycles. The maximum atomic E-state index is 12.0. The minimum Gasteiger partial charge on any atom is -0.407 e. The van der Waals surface area contributed by atoms with Crippen LogP contribution in [0.5, 0.6) is 0 Å². The number of carbonyl (C=O) groups excluding carboxylic acids is 1. The highest BCUT2D eigenvalue weighted by atomic mass is 28.4. The zero-order chi connectivity index (χ0) is 21.1. The van der Waals surface area contributed by atoms with E-state index in [1.54, 1.807) is 0 Å². The van der Waals surface area contributed by atoms with Gasteiger partial charge in [0.15, 0.2) is 0 Å². The van der Waals surface area contributed by atoms with Crippen LogP contribution in [0.4, 0.5) is 0 Å². The standard InChI is InChI=1S/C26H34O2Si/c1-6-26(5)18-17-21(24(26)19-27)20-28-29(25(2,3)4,22-13-9-7-10-14-22)23-15-11-8-12-16-23/h6-16,19,21,24H,1,17-18,20H2,2-5H3/t21-,24-,26+/m0/s1. The molecule has 0 amide bonds. The van der Waals surface area contributed by atoms with Crippen LogP contribution >= 0.6 is 0 Å². The predicted octanol–water partition coefficient (Wildman–Crippen LogP) is 4.98. The van der Waals surface area contributed by atoms with Crippen molar-refractivity contribution in [1.82, 2.24) is 0 Å². The first-order chi connectivity index (χ1) is 13.8. The van der Waals surface area contributed by atoms with Crippen LogP contribution in [0.15, 0.2) is 73.3 Å². The molecule has 1 aliphatic rings. The smallest absolute Gasteiger partial charge is 0.261 e. The van der Waals surface area contributed by atoms with Crippen LogP contribution in [-0.4, -0.2) is 21.2 Å². The number of carbonyl (C=O) groups is 1. The molecule has 2 aromatic rings. The first kappa shape index (κ1) is 21.7. The highest BCUT2D eigenvalue weighted by Gasteiger charge is 2.51. The van der Waals surface area contributed by atoms with Gasteiger partial charge in [-0.2, -0.15) is 0 Å². The molecule has 2 nitrogen and oxygen atoms in total. The maximum absolute atomic E-state index is 12.0. The summed E-state index contributed by atoms with van der Waals surface area (Å²) in [7, 11) is -2.56. The molecule has 1 fully saturated rings. The first-order valence-corrected chi connectivity index (χ1v) is 12.5. The van der Waals surface area contributed by atoms with E-state index in [0.717, 1.165) is 19.1 Å². The Hall–Kier alpha value is -1.97. The zero-order valence-corrected chi connectivity index (χ0v) is 19.2.